The number of halogens is 2. The molecule has 0 unspecified atom stereocenters. The molecule has 0 aliphatic carbocycles. The normalized spacial score (nSPS) is 11.7. The second-order valence-electron chi connectivity index (χ2n) is 10.0. The Morgan fingerprint density at radius 1 is 1.02 bits per heavy atom. The van der Waals surface area contributed by atoms with Gasteiger partial charge in [-0.15, -0.1) is 24.8 Å². The molecule has 0 fully saturated rings. The van der Waals surface area contributed by atoms with Crippen LogP contribution in [0.25, 0.3) is 11.1 Å². The van der Waals surface area contributed by atoms with E-state index in [-0.39, 0.29) is 55.1 Å². The molecule has 3 aromatic rings. The number of hydrogen-bond donors (Lipinski definition) is 4. The molecule has 232 valence electrons. The van der Waals surface area contributed by atoms with E-state index in [1.165, 1.54) is 5.56 Å². The van der Waals surface area contributed by atoms with Crippen molar-refractivity contribution in [1.29, 1.82) is 0 Å². The number of amides is 1. The first-order chi connectivity index (χ1) is 19.2. The van der Waals surface area contributed by atoms with Crippen LogP contribution in [0.15, 0.2) is 67.0 Å². The summed E-state index contributed by atoms with van der Waals surface area (Å²) in [4.78, 5) is 16.8. The van der Waals surface area contributed by atoms with Crippen molar-refractivity contribution in [3.05, 3.63) is 83.7 Å². The molecule has 0 bridgehead atoms. The number of nitrogens with one attached hydrogen (secondary N) is 2. The Morgan fingerprint density at radius 2 is 1.74 bits per heavy atom. The zero-order valence-corrected chi connectivity index (χ0v) is 26.3. The fraction of sp³-hybridized carbons (Fsp3) is 0.400. The average Bonchev–Trinajstić information content (AvgIpc) is 2.95. The fourth-order valence-corrected chi connectivity index (χ4v) is 4.98. The maximum atomic E-state index is 12.8. The van der Waals surface area contributed by atoms with Gasteiger partial charge in [0.25, 0.3) is 5.91 Å². The zero-order valence-electron chi connectivity index (χ0n) is 23.9. The summed E-state index contributed by atoms with van der Waals surface area (Å²) in [5.41, 5.74) is 3.89. The monoisotopic (exact) mass is 641 g/mol. The highest BCUT2D eigenvalue weighted by Crippen LogP contribution is 2.28. The van der Waals surface area contributed by atoms with Gasteiger partial charge in [0.1, 0.15) is 5.75 Å². The first kappa shape index (κ1) is 37.3. The number of carbonyl (C=O) groups is 1. The van der Waals surface area contributed by atoms with Gasteiger partial charge in [0.2, 0.25) is 10.0 Å². The quantitative estimate of drug-likeness (QED) is 0.170. The number of aliphatic hydroxyl groups is 2. The third-order valence-electron chi connectivity index (χ3n) is 6.13. The molecule has 9 nitrogen and oxygen atoms in total. The largest absolute Gasteiger partial charge is 0.492 e. The van der Waals surface area contributed by atoms with Crippen molar-refractivity contribution in [3.8, 4) is 16.9 Å². The van der Waals surface area contributed by atoms with Crippen molar-refractivity contribution < 1.29 is 28.2 Å². The Kier molecular flexibility index (Phi) is 16.6. The van der Waals surface area contributed by atoms with Crippen LogP contribution >= 0.6 is 24.8 Å². The minimum Gasteiger partial charge on any atom is -0.492 e. The number of aliphatic hydroxyl groups excluding tert-OH is 2. The second kappa shape index (κ2) is 18.7. The van der Waals surface area contributed by atoms with Gasteiger partial charge >= 0.3 is 0 Å². The minimum atomic E-state index is -3.87. The van der Waals surface area contributed by atoms with Crippen molar-refractivity contribution in [1.82, 2.24) is 15.0 Å². The van der Waals surface area contributed by atoms with Gasteiger partial charge in [0, 0.05) is 31.1 Å². The van der Waals surface area contributed by atoms with Crippen LogP contribution in [-0.2, 0) is 16.4 Å². The number of sulfonamides is 1. The van der Waals surface area contributed by atoms with E-state index < -0.39 is 22.0 Å². The highest BCUT2D eigenvalue weighted by molar-refractivity contribution is 7.90. The Bertz CT molecular complexity index is 1330. The molecule has 1 amide bonds. The van der Waals surface area contributed by atoms with Crippen LogP contribution in [0.3, 0.4) is 0 Å². The molecule has 3 rings (SSSR count). The van der Waals surface area contributed by atoms with Crippen LogP contribution in [0.4, 0.5) is 0 Å². The highest BCUT2D eigenvalue weighted by Gasteiger charge is 2.20. The number of aromatic nitrogens is 1. The van der Waals surface area contributed by atoms with Gasteiger partial charge in [0.15, 0.2) is 0 Å². The first-order valence-corrected chi connectivity index (χ1v) is 15.1. The van der Waals surface area contributed by atoms with E-state index in [0.717, 1.165) is 36.1 Å². The van der Waals surface area contributed by atoms with E-state index in [9.17, 15) is 18.3 Å². The number of aryl methyl sites for hydroxylation is 1. The Labute approximate surface area is 261 Å². The molecule has 0 spiro atoms. The van der Waals surface area contributed by atoms with Gasteiger partial charge < -0.3 is 20.3 Å². The van der Waals surface area contributed by atoms with Crippen LogP contribution in [-0.4, -0.2) is 61.6 Å². The molecule has 1 heterocycles. The maximum absolute atomic E-state index is 12.8. The summed E-state index contributed by atoms with van der Waals surface area (Å²) in [6.07, 6.45) is 4.59. The minimum absolute atomic E-state index is 0. The van der Waals surface area contributed by atoms with Crippen molar-refractivity contribution in [2.24, 2.45) is 5.92 Å². The number of benzene rings is 2. The van der Waals surface area contributed by atoms with E-state index in [0.29, 0.717) is 18.9 Å². The number of ether oxygens (including phenoxy) is 1. The number of nitrogens with zero attached hydrogens (tertiary/aromatic N) is 1. The van der Waals surface area contributed by atoms with Crippen molar-refractivity contribution >= 4 is 40.7 Å². The first-order valence-electron chi connectivity index (χ1n) is 13.5. The lowest BCUT2D eigenvalue weighted by Gasteiger charge is -2.15. The summed E-state index contributed by atoms with van der Waals surface area (Å²) >= 11 is 0. The van der Waals surface area contributed by atoms with Gasteiger partial charge in [-0.05, 0) is 66.6 Å². The summed E-state index contributed by atoms with van der Waals surface area (Å²) in [6.45, 7) is 5.30. The lowest BCUT2D eigenvalue weighted by atomic mass is 10.00. The Balaban J connectivity index is 0.00000441. The molecule has 0 radical (unpaired) electrons. The molecule has 0 aliphatic rings. The predicted octanol–water partition coefficient (Wildman–Crippen LogP) is 4.32. The van der Waals surface area contributed by atoms with Crippen LogP contribution in [0.5, 0.6) is 5.75 Å². The van der Waals surface area contributed by atoms with Gasteiger partial charge in [-0.1, -0.05) is 50.2 Å². The molecule has 0 saturated carbocycles. The molecule has 1 atom stereocenters. The number of pyridine rings is 1. The Morgan fingerprint density at radius 3 is 2.38 bits per heavy atom. The van der Waals surface area contributed by atoms with Crippen LogP contribution in [0.2, 0.25) is 0 Å². The molecule has 12 heteroatoms. The molecule has 0 aliphatic heterocycles. The fourth-order valence-electron chi connectivity index (χ4n) is 3.98. The summed E-state index contributed by atoms with van der Waals surface area (Å²) in [7, 11) is -3.87. The van der Waals surface area contributed by atoms with Gasteiger partial charge in [-0.3, -0.25) is 9.78 Å². The lowest BCUT2D eigenvalue weighted by molar-refractivity contribution is 0.0976. The van der Waals surface area contributed by atoms with Crippen LogP contribution in [0, 0.1) is 5.92 Å². The van der Waals surface area contributed by atoms with E-state index in [4.69, 9.17) is 9.84 Å². The van der Waals surface area contributed by atoms with E-state index in [1.807, 2.05) is 38.1 Å². The van der Waals surface area contributed by atoms with Crippen molar-refractivity contribution in [3.63, 3.8) is 0 Å². The SMILES string of the molecule is CC(C)COc1cc(-c2ccc(CCCNC[C@@H](O)c3cccnc3)cc2)ccc1C(=O)NS(=O)(=O)CCCO.Cl.Cl. The van der Waals surface area contributed by atoms with E-state index in [1.54, 1.807) is 30.6 Å². The molecule has 42 heavy (non-hydrogen) atoms. The predicted molar refractivity (Wildman–Crippen MR) is 170 cm³/mol. The molecule has 2 aromatic carbocycles. The third kappa shape index (κ3) is 12.2. The van der Waals surface area contributed by atoms with Crippen LogP contribution < -0.4 is 14.8 Å². The topological polar surface area (TPSA) is 138 Å². The summed E-state index contributed by atoms with van der Waals surface area (Å²) in [6, 6.07) is 16.9. The molecule has 1 aromatic heterocycles. The molecular formula is C30H41Cl2N3O6S. The Hall–Kier alpha value is -2.73. The number of carbonyl (C=O) groups excluding carboxylic acids is 1. The lowest BCUT2D eigenvalue weighted by Crippen LogP contribution is -2.33. The second-order valence-corrected chi connectivity index (χ2v) is 11.9. The standard InChI is InChI=1S/C30H39N3O6S.2ClH/c1-22(2)21-39-29-18-25(12-13-27(29)30(36)33-40(37,38)17-5-16-34)24-10-8-23(9-11-24)6-3-14-32-20-28(35)26-7-4-15-31-19-26;;/h4,7-13,15,18-19,22,28,32,34-35H,3,5-6,14,16-17,20-21H2,1-2H3,(H,33,36);2*1H/t28-;;/m1../s1. The van der Waals surface area contributed by atoms with Crippen LogP contribution in [0.1, 0.15) is 54.3 Å². The third-order valence-corrected chi connectivity index (χ3v) is 7.45. The zero-order chi connectivity index (χ0) is 29.0. The van der Waals surface area contributed by atoms with E-state index in [2.05, 4.69) is 27.2 Å². The number of rotatable bonds is 16. The van der Waals surface area contributed by atoms with E-state index >= 15 is 0 Å². The van der Waals surface area contributed by atoms with Gasteiger partial charge in [0.05, 0.1) is 24.0 Å². The van der Waals surface area contributed by atoms with Crippen molar-refractivity contribution in [2.75, 3.05) is 32.1 Å². The molecule has 4 N–H and O–H groups in total. The summed E-state index contributed by atoms with van der Waals surface area (Å²) in [5, 5.41) is 22.4. The number of hydrogen-bond acceptors (Lipinski definition) is 8. The smallest absolute Gasteiger partial charge is 0.268 e. The highest BCUT2D eigenvalue weighted by atomic mass is 35.5. The maximum Gasteiger partial charge on any atom is 0.268 e. The van der Waals surface area contributed by atoms with Crippen molar-refractivity contribution in [2.45, 2.75) is 39.2 Å². The summed E-state index contributed by atoms with van der Waals surface area (Å²) < 4.78 is 32.3. The molecule has 0 saturated heterocycles. The van der Waals surface area contributed by atoms with Gasteiger partial charge in [-0.2, -0.15) is 0 Å². The van der Waals surface area contributed by atoms with Gasteiger partial charge in [-0.25, -0.2) is 13.1 Å². The average molecular weight is 643 g/mol. The summed E-state index contributed by atoms with van der Waals surface area (Å²) in [5.74, 6) is -0.587. The molecular weight excluding hydrogens is 601 g/mol.